The number of aryl methyl sites for hydroxylation is 1. The fraction of sp³-hybridized carbons (Fsp3) is 0.636. The molecule has 0 unspecified atom stereocenters. The second kappa shape index (κ2) is 6.17. The summed E-state index contributed by atoms with van der Waals surface area (Å²) < 4.78 is 1.99. The molecular formula is C11H19N5O3. The van der Waals surface area contributed by atoms with Crippen molar-refractivity contribution < 1.29 is 4.79 Å². The van der Waals surface area contributed by atoms with Gasteiger partial charge in [0.05, 0.1) is 6.54 Å². The molecule has 0 atom stereocenters. The average molecular weight is 269 g/mol. The number of likely N-dealkylation sites (N-methyl/N-ethyl adjacent to an activating group) is 1. The molecule has 1 rings (SSSR count). The van der Waals surface area contributed by atoms with Crippen LogP contribution in [-0.2, 0) is 18.9 Å². The molecule has 0 bridgehead atoms. The maximum absolute atomic E-state index is 11.8. The molecule has 8 heteroatoms. The number of carbonyl (C=O) groups excluding carboxylic acids is 1. The Bertz CT molecular complexity index is 571. The molecule has 0 aliphatic rings. The third-order valence-corrected chi connectivity index (χ3v) is 2.84. The van der Waals surface area contributed by atoms with Crippen molar-refractivity contribution in [2.75, 3.05) is 25.0 Å². The second-order valence-corrected chi connectivity index (χ2v) is 4.04. The molecule has 0 spiro atoms. The predicted molar refractivity (Wildman–Crippen MR) is 71.1 cm³/mol. The lowest BCUT2D eigenvalue weighted by Gasteiger charge is -2.18. The molecule has 1 aromatic heterocycles. The first-order valence-electron chi connectivity index (χ1n) is 6.08. The zero-order valence-corrected chi connectivity index (χ0v) is 11.6. The van der Waals surface area contributed by atoms with Gasteiger partial charge in [-0.1, -0.05) is 0 Å². The summed E-state index contributed by atoms with van der Waals surface area (Å²) in [5.74, 6) is -0.132. The molecule has 1 N–H and O–H groups in total. The van der Waals surface area contributed by atoms with Crippen LogP contribution in [-0.4, -0.2) is 44.8 Å². The number of anilines is 1. The van der Waals surface area contributed by atoms with Gasteiger partial charge in [0.2, 0.25) is 11.7 Å². The van der Waals surface area contributed by atoms with Gasteiger partial charge >= 0.3 is 5.69 Å². The molecular weight excluding hydrogens is 250 g/mol. The van der Waals surface area contributed by atoms with E-state index in [1.807, 2.05) is 13.8 Å². The van der Waals surface area contributed by atoms with Crippen LogP contribution in [0.15, 0.2) is 9.59 Å². The SMILES string of the molecule is CCN(CC)C(=O)CNc1nn(C)c(=O)n(C)c1=O. The van der Waals surface area contributed by atoms with E-state index in [1.54, 1.807) is 4.90 Å². The second-order valence-electron chi connectivity index (χ2n) is 4.04. The fourth-order valence-corrected chi connectivity index (χ4v) is 1.66. The Morgan fingerprint density at radius 3 is 2.37 bits per heavy atom. The summed E-state index contributed by atoms with van der Waals surface area (Å²) in [6.07, 6.45) is 0. The van der Waals surface area contributed by atoms with Gasteiger partial charge in [-0.05, 0) is 13.8 Å². The third-order valence-electron chi connectivity index (χ3n) is 2.84. The van der Waals surface area contributed by atoms with E-state index in [0.717, 1.165) is 9.25 Å². The lowest BCUT2D eigenvalue weighted by molar-refractivity contribution is -0.128. The van der Waals surface area contributed by atoms with Crippen LogP contribution in [0, 0.1) is 0 Å². The molecule has 1 amide bonds. The first kappa shape index (κ1) is 14.9. The molecule has 0 fully saturated rings. The number of nitrogens with zero attached hydrogens (tertiary/aromatic N) is 4. The number of nitrogens with one attached hydrogen (secondary N) is 1. The predicted octanol–water partition coefficient (Wildman–Crippen LogP) is -1.24. The lowest BCUT2D eigenvalue weighted by atomic mass is 10.4. The van der Waals surface area contributed by atoms with E-state index >= 15 is 0 Å². The molecule has 106 valence electrons. The number of hydrogen-bond donors (Lipinski definition) is 1. The van der Waals surface area contributed by atoms with Crippen LogP contribution in [0.1, 0.15) is 13.8 Å². The van der Waals surface area contributed by atoms with E-state index in [0.29, 0.717) is 13.1 Å². The van der Waals surface area contributed by atoms with E-state index in [-0.39, 0.29) is 18.3 Å². The highest BCUT2D eigenvalue weighted by atomic mass is 16.2. The summed E-state index contributed by atoms with van der Waals surface area (Å²) in [5.41, 5.74) is -1.05. The van der Waals surface area contributed by atoms with Crippen molar-refractivity contribution >= 4 is 11.7 Å². The van der Waals surface area contributed by atoms with Gasteiger partial charge < -0.3 is 10.2 Å². The van der Waals surface area contributed by atoms with Gasteiger partial charge in [0.25, 0.3) is 5.56 Å². The van der Waals surface area contributed by atoms with Gasteiger partial charge in [-0.15, -0.1) is 5.10 Å². The third kappa shape index (κ3) is 3.21. The normalized spacial score (nSPS) is 10.3. The van der Waals surface area contributed by atoms with E-state index < -0.39 is 11.2 Å². The molecule has 0 radical (unpaired) electrons. The zero-order chi connectivity index (χ0) is 14.6. The maximum Gasteiger partial charge on any atom is 0.346 e. The summed E-state index contributed by atoms with van der Waals surface area (Å²) in [5, 5.41) is 6.48. The maximum atomic E-state index is 11.8. The van der Waals surface area contributed by atoms with Crippen LogP contribution in [0.4, 0.5) is 5.82 Å². The number of aromatic nitrogens is 3. The van der Waals surface area contributed by atoms with Crippen LogP contribution in [0.5, 0.6) is 0 Å². The topological polar surface area (TPSA) is 89.2 Å². The highest BCUT2D eigenvalue weighted by Crippen LogP contribution is 1.92. The largest absolute Gasteiger partial charge is 0.355 e. The average Bonchev–Trinajstić information content (AvgIpc) is 2.40. The fourth-order valence-electron chi connectivity index (χ4n) is 1.66. The Kier molecular flexibility index (Phi) is 4.85. The summed E-state index contributed by atoms with van der Waals surface area (Å²) in [6.45, 7) is 4.95. The molecule has 0 aliphatic carbocycles. The van der Waals surface area contributed by atoms with Crippen molar-refractivity contribution in [1.29, 1.82) is 0 Å². The summed E-state index contributed by atoms with van der Waals surface area (Å²) >= 11 is 0. The Morgan fingerprint density at radius 2 is 1.84 bits per heavy atom. The first-order chi connectivity index (χ1) is 8.92. The van der Waals surface area contributed by atoms with E-state index in [1.165, 1.54) is 14.1 Å². The van der Waals surface area contributed by atoms with Crippen molar-refractivity contribution in [3.05, 3.63) is 20.8 Å². The van der Waals surface area contributed by atoms with Gasteiger partial charge in [-0.2, -0.15) is 0 Å². The van der Waals surface area contributed by atoms with Crippen molar-refractivity contribution in [1.82, 2.24) is 19.2 Å². The zero-order valence-electron chi connectivity index (χ0n) is 11.6. The Morgan fingerprint density at radius 1 is 1.26 bits per heavy atom. The molecule has 0 saturated carbocycles. The minimum Gasteiger partial charge on any atom is -0.355 e. The highest BCUT2D eigenvalue weighted by molar-refractivity contribution is 5.80. The summed E-state index contributed by atoms with van der Waals surface area (Å²) in [6, 6.07) is 0. The lowest BCUT2D eigenvalue weighted by Crippen LogP contribution is -2.41. The van der Waals surface area contributed by atoms with E-state index in [2.05, 4.69) is 10.4 Å². The molecule has 0 aliphatic heterocycles. The Hall–Kier alpha value is -2.12. The van der Waals surface area contributed by atoms with E-state index in [4.69, 9.17) is 0 Å². The monoisotopic (exact) mass is 269 g/mol. The molecule has 0 aromatic carbocycles. The van der Waals surface area contributed by atoms with Crippen molar-refractivity contribution in [3.8, 4) is 0 Å². The van der Waals surface area contributed by atoms with Gasteiger partial charge in [0.15, 0.2) is 0 Å². The minimum atomic E-state index is -0.546. The smallest absolute Gasteiger partial charge is 0.346 e. The standard InChI is InChI=1S/C11H19N5O3/c1-5-16(6-2)8(17)7-12-9-10(18)14(3)11(19)15(4)13-9/h5-7H2,1-4H3,(H,12,13). The van der Waals surface area contributed by atoms with Crippen molar-refractivity contribution in [2.45, 2.75) is 13.8 Å². The minimum absolute atomic E-state index is 0.00916. The van der Waals surface area contributed by atoms with Crippen LogP contribution < -0.4 is 16.6 Å². The van der Waals surface area contributed by atoms with Gasteiger partial charge in [0, 0.05) is 27.2 Å². The molecule has 0 saturated heterocycles. The first-order valence-corrected chi connectivity index (χ1v) is 6.08. The highest BCUT2D eigenvalue weighted by Gasteiger charge is 2.12. The van der Waals surface area contributed by atoms with Crippen LogP contribution in [0.25, 0.3) is 0 Å². The van der Waals surface area contributed by atoms with Gasteiger partial charge in [0.1, 0.15) is 0 Å². The van der Waals surface area contributed by atoms with Crippen LogP contribution >= 0.6 is 0 Å². The summed E-state index contributed by atoms with van der Waals surface area (Å²) in [7, 11) is 2.81. The number of amides is 1. The van der Waals surface area contributed by atoms with Gasteiger partial charge in [-0.3, -0.25) is 14.2 Å². The quantitative estimate of drug-likeness (QED) is 0.722. The Balaban J connectivity index is 2.88. The molecule has 19 heavy (non-hydrogen) atoms. The van der Waals surface area contributed by atoms with Gasteiger partial charge in [-0.25, -0.2) is 9.48 Å². The van der Waals surface area contributed by atoms with Crippen LogP contribution in [0.3, 0.4) is 0 Å². The van der Waals surface area contributed by atoms with Crippen molar-refractivity contribution in [2.24, 2.45) is 14.1 Å². The molecule has 8 nitrogen and oxygen atoms in total. The Labute approximate surface area is 110 Å². The number of carbonyl (C=O) groups is 1. The van der Waals surface area contributed by atoms with E-state index in [9.17, 15) is 14.4 Å². The molecule has 1 heterocycles. The summed E-state index contributed by atoms with van der Waals surface area (Å²) in [4.78, 5) is 36.6. The van der Waals surface area contributed by atoms with Crippen molar-refractivity contribution in [3.63, 3.8) is 0 Å². The number of rotatable bonds is 5. The number of hydrogen-bond acceptors (Lipinski definition) is 5. The molecule has 1 aromatic rings. The van der Waals surface area contributed by atoms with Crippen LogP contribution in [0.2, 0.25) is 0 Å².